The molecule has 0 atom stereocenters. The third-order valence-electron chi connectivity index (χ3n) is 6.33. The topological polar surface area (TPSA) is 153 Å². The largest absolute Gasteiger partial charge is 0.467 e. The highest BCUT2D eigenvalue weighted by atomic mass is 35.5. The minimum atomic E-state index is -4.69. The zero-order valence-corrected chi connectivity index (χ0v) is 22.2. The molecule has 16 heteroatoms. The molecule has 4 aromatic rings. The Morgan fingerprint density at radius 2 is 1.80 bits per heavy atom. The molecule has 1 aliphatic rings. The van der Waals surface area contributed by atoms with Gasteiger partial charge in [0.15, 0.2) is 0 Å². The van der Waals surface area contributed by atoms with Crippen LogP contribution >= 0.6 is 11.6 Å². The summed E-state index contributed by atoms with van der Waals surface area (Å²) in [5.74, 6) is 0.313. The second kappa shape index (κ2) is 11.9. The number of halogens is 4. The first-order valence-electron chi connectivity index (χ1n) is 12.4. The van der Waals surface area contributed by atoms with E-state index in [1.54, 1.807) is 30.7 Å². The minimum Gasteiger partial charge on any atom is -0.467 e. The monoisotopic (exact) mass is 589 g/mol. The van der Waals surface area contributed by atoms with Gasteiger partial charge in [0.1, 0.15) is 28.9 Å². The molecule has 0 unspecified atom stereocenters. The molecule has 0 radical (unpaired) electrons. The molecule has 1 saturated carbocycles. The Balaban J connectivity index is 1.15. The van der Waals surface area contributed by atoms with Crippen LogP contribution in [0.15, 0.2) is 43.1 Å². The number of methoxy groups -OCH3 is 1. The van der Waals surface area contributed by atoms with Crippen LogP contribution in [0.1, 0.15) is 31.2 Å². The van der Waals surface area contributed by atoms with Crippen LogP contribution in [-0.4, -0.2) is 60.5 Å². The fourth-order valence-electron chi connectivity index (χ4n) is 4.32. The number of carbonyl (C=O) groups excluding carboxylic acids is 1. The van der Waals surface area contributed by atoms with Gasteiger partial charge in [-0.1, -0.05) is 11.6 Å². The number of hydrogen-bond donors (Lipinski definition) is 3. The average molecular weight is 590 g/mol. The summed E-state index contributed by atoms with van der Waals surface area (Å²) in [5, 5.41) is 11.9. The van der Waals surface area contributed by atoms with Crippen molar-refractivity contribution in [1.29, 1.82) is 0 Å². The van der Waals surface area contributed by atoms with Gasteiger partial charge in [0.2, 0.25) is 5.95 Å². The smallest absolute Gasteiger partial charge is 0.420 e. The number of ether oxygens (including phenoxy) is 2. The zero-order chi connectivity index (χ0) is 29.0. The number of alkyl halides is 3. The maximum atomic E-state index is 13.5. The number of aromatic nitrogens is 7. The molecule has 4 heterocycles. The van der Waals surface area contributed by atoms with E-state index < -0.39 is 23.5 Å². The number of amides is 1. The van der Waals surface area contributed by atoms with Crippen LogP contribution in [-0.2, 0) is 10.9 Å². The number of carbonyl (C=O) groups is 1. The summed E-state index contributed by atoms with van der Waals surface area (Å²) < 4.78 is 51.1. The van der Waals surface area contributed by atoms with Crippen LogP contribution in [0.5, 0.6) is 6.01 Å². The van der Waals surface area contributed by atoms with Crippen LogP contribution in [0, 0.1) is 0 Å². The minimum absolute atomic E-state index is 0.00718. The maximum absolute atomic E-state index is 13.5. The van der Waals surface area contributed by atoms with E-state index in [9.17, 15) is 18.0 Å². The predicted molar refractivity (Wildman–Crippen MR) is 141 cm³/mol. The number of pyridine rings is 1. The van der Waals surface area contributed by atoms with Crippen molar-refractivity contribution in [1.82, 2.24) is 35.1 Å². The highest BCUT2D eigenvalue weighted by Gasteiger charge is 2.37. The molecule has 1 amide bonds. The third-order valence-corrected chi connectivity index (χ3v) is 6.62. The van der Waals surface area contributed by atoms with E-state index in [1.165, 1.54) is 13.3 Å². The highest BCUT2D eigenvalue weighted by molar-refractivity contribution is 6.32. The summed E-state index contributed by atoms with van der Waals surface area (Å²) in [7, 11) is 1.47. The van der Waals surface area contributed by atoms with Crippen molar-refractivity contribution >= 4 is 29.5 Å². The number of rotatable bonds is 7. The molecule has 1 aliphatic carbocycles. The number of nitrogens with zero attached hydrogens (tertiary/aromatic N) is 6. The zero-order valence-electron chi connectivity index (χ0n) is 21.4. The number of aromatic amines is 1. The Bertz CT molecular complexity index is 1510. The van der Waals surface area contributed by atoms with Gasteiger partial charge in [0.25, 0.3) is 0 Å². The molecule has 12 nitrogen and oxygen atoms in total. The molecule has 1 fully saturated rings. The van der Waals surface area contributed by atoms with Gasteiger partial charge in [0.05, 0.1) is 12.1 Å². The number of hydrogen-bond acceptors (Lipinski definition) is 10. The van der Waals surface area contributed by atoms with E-state index in [1.807, 2.05) is 0 Å². The summed E-state index contributed by atoms with van der Waals surface area (Å²) in [5.41, 5.74) is -0.130. The summed E-state index contributed by atoms with van der Waals surface area (Å²) in [6.07, 6.45) is 3.23. The Labute approximate surface area is 236 Å². The van der Waals surface area contributed by atoms with Crippen molar-refractivity contribution in [3.63, 3.8) is 0 Å². The van der Waals surface area contributed by atoms with Crippen LogP contribution in [0.3, 0.4) is 0 Å². The van der Waals surface area contributed by atoms with E-state index in [0.717, 1.165) is 5.56 Å². The number of nitrogens with one attached hydrogen (secondary N) is 3. The van der Waals surface area contributed by atoms with E-state index in [2.05, 4.69) is 45.8 Å². The van der Waals surface area contributed by atoms with Gasteiger partial charge in [-0.25, -0.2) is 29.7 Å². The second-order valence-electron chi connectivity index (χ2n) is 9.07. The van der Waals surface area contributed by atoms with Crippen molar-refractivity contribution in [3.8, 4) is 28.5 Å². The molecular formula is C25H23ClF3N9O3. The first-order valence-corrected chi connectivity index (χ1v) is 12.8. The highest BCUT2D eigenvalue weighted by Crippen LogP contribution is 2.37. The van der Waals surface area contributed by atoms with Crippen molar-refractivity contribution in [2.75, 3.05) is 17.7 Å². The quantitative estimate of drug-likeness (QED) is 0.256. The van der Waals surface area contributed by atoms with Crippen LogP contribution in [0.4, 0.5) is 29.7 Å². The second-order valence-corrected chi connectivity index (χ2v) is 9.48. The third kappa shape index (κ3) is 6.80. The van der Waals surface area contributed by atoms with Crippen molar-refractivity contribution in [2.45, 2.75) is 44.0 Å². The maximum Gasteiger partial charge on any atom is 0.420 e. The van der Waals surface area contributed by atoms with Gasteiger partial charge in [-0.2, -0.15) is 18.3 Å². The fraction of sp³-hybridized carbons (Fsp3) is 0.320. The molecule has 0 bridgehead atoms. The van der Waals surface area contributed by atoms with Gasteiger partial charge in [-0.15, -0.1) is 0 Å². The molecule has 41 heavy (non-hydrogen) atoms. The lowest BCUT2D eigenvalue weighted by Gasteiger charge is -2.29. The summed E-state index contributed by atoms with van der Waals surface area (Å²) in [4.78, 5) is 32.7. The molecule has 0 spiro atoms. The average Bonchev–Trinajstić information content (AvgIpc) is 3.39. The van der Waals surface area contributed by atoms with E-state index in [4.69, 9.17) is 21.1 Å². The van der Waals surface area contributed by atoms with E-state index >= 15 is 0 Å². The lowest BCUT2D eigenvalue weighted by Crippen LogP contribution is -2.32. The molecule has 0 aromatic carbocycles. The Morgan fingerprint density at radius 3 is 2.46 bits per heavy atom. The van der Waals surface area contributed by atoms with Gasteiger partial charge in [0, 0.05) is 42.6 Å². The van der Waals surface area contributed by atoms with Gasteiger partial charge >= 0.3 is 18.3 Å². The first kappa shape index (κ1) is 28.0. The summed E-state index contributed by atoms with van der Waals surface area (Å²) in [6, 6.07) is 3.53. The molecule has 0 saturated heterocycles. The van der Waals surface area contributed by atoms with E-state index in [-0.39, 0.29) is 34.8 Å². The summed E-state index contributed by atoms with van der Waals surface area (Å²) >= 11 is 5.99. The van der Waals surface area contributed by atoms with Crippen LogP contribution in [0.25, 0.3) is 22.5 Å². The lowest BCUT2D eigenvalue weighted by atomic mass is 9.93. The van der Waals surface area contributed by atoms with Crippen LogP contribution in [0.2, 0.25) is 5.02 Å². The number of H-pyrrole nitrogens is 1. The normalized spacial score (nSPS) is 17.1. The van der Waals surface area contributed by atoms with Crippen molar-refractivity contribution in [3.05, 3.63) is 53.7 Å². The van der Waals surface area contributed by atoms with Crippen molar-refractivity contribution < 1.29 is 27.4 Å². The molecule has 214 valence electrons. The van der Waals surface area contributed by atoms with Gasteiger partial charge < -0.3 is 14.8 Å². The molecule has 0 aliphatic heterocycles. The Kier molecular flexibility index (Phi) is 8.14. The van der Waals surface area contributed by atoms with E-state index in [0.29, 0.717) is 43.3 Å². The Morgan fingerprint density at radius 1 is 1.05 bits per heavy atom. The van der Waals surface area contributed by atoms with Crippen molar-refractivity contribution in [2.24, 2.45) is 0 Å². The van der Waals surface area contributed by atoms with Crippen LogP contribution < -0.4 is 15.4 Å². The lowest BCUT2D eigenvalue weighted by molar-refractivity contribution is -0.137. The standard InChI is InChI=1S/C25H23ClF3N9O3/c1-40-23-32-9-14(10-33-23)13-6-7-30-19(8-13)36-24(39)41-16-4-2-15(3-5-16)35-22-31-11-17(25(27,28)29)20(37-22)21-18(26)12-34-38-21/h6-12,15-16H,2-5H2,1H3,(H,34,38)(H,30,36,39)(H,31,35,37)/t15-,16-. The summed E-state index contributed by atoms with van der Waals surface area (Å²) in [6.45, 7) is 0. The van der Waals surface area contributed by atoms with Gasteiger partial charge in [-0.3, -0.25) is 10.4 Å². The van der Waals surface area contributed by atoms with Gasteiger partial charge in [-0.05, 0) is 43.4 Å². The Hall–Kier alpha value is -4.53. The molecule has 3 N–H and O–H groups in total. The molecule has 5 rings (SSSR count). The fourth-order valence-corrected chi connectivity index (χ4v) is 4.50. The number of anilines is 2. The SMILES string of the molecule is COc1ncc(-c2ccnc(NC(=O)O[C@H]3CC[C@H](Nc4ncc(C(F)(F)F)c(-c5n[nH]cc5Cl)n4)CC3)c2)cn1. The molecular weight excluding hydrogens is 567 g/mol. The first-order chi connectivity index (χ1) is 19.7. The predicted octanol–water partition coefficient (Wildman–Crippen LogP) is 5.37. The molecule has 4 aromatic heterocycles.